The average Bonchev–Trinajstić information content (AvgIpc) is 3.31. The number of methoxy groups -OCH3 is 2. The summed E-state index contributed by atoms with van der Waals surface area (Å²) in [6, 6.07) is 22.2. The molecule has 0 spiro atoms. The van der Waals surface area contributed by atoms with Gasteiger partial charge >= 0.3 is 0 Å². The molecule has 35 heavy (non-hydrogen) atoms. The lowest BCUT2D eigenvalue weighted by Crippen LogP contribution is -2.20. The number of carbonyl (C=O) groups excluding carboxylic acids is 1. The van der Waals surface area contributed by atoms with Gasteiger partial charge in [0.2, 0.25) is 5.95 Å². The van der Waals surface area contributed by atoms with Crippen LogP contribution in [0.25, 0.3) is 5.70 Å². The normalized spacial score (nSPS) is 14.4. The second-order valence-electron chi connectivity index (χ2n) is 7.80. The van der Waals surface area contributed by atoms with Crippen molar-refractivity contribution >= 4 is 35.1 Å². The molecule has 1 aliphatic rings. The lowest BCUT2D eigenvalue weighted by atomic mass is 10.0. The van der Waals surface area contributed by atoms with Gasteiger partial charge in [0.15, 0.2) is 11.5 Å². The first-order valence-electron chi connectivity index (χ1n) is 10.9. The first-order valence-corrected chi connectivity index (χ1v) is 11.2. The Kier molecular flexibility index (Phi) is 6.12. The van der Waals surface area contributed by atoms with Gasteiger partial charge in [-0.3, -0.25) is 10.1 Å². The molecule has 8 nitrogen and oxygen atoms in total. The van der Waals surface area contributed by atoms with Gasteiger partial charge in [0.25, 0.3) is 11.9 Å². The van der Waals surface area contributed by atoms with Crippen LogP contribution in [0.3, 0.4) is 0 Å². The summed E-state index contributed by atoms with van der Waals surface area (Å²) in [6.07, 6.45) is 2.07. The van der Waals surface area contributed by atoms with Gasteiger partial charge in [-0.15, -0.1) is 5.10 Å². The Morgan fingerprint density at radius 2 is 1.74 bits per heavy atom. The van der Waals surface area contributed by atoms with E-state index in [0.717, 1.165) is 16.8 Å². The number of hydrogen-bond acceptors (Lipinski definition) is 6. The Balaban J connectivity index is 1.47. The Morgan fingerprint density at radius 1 is 1.00 bits per heavy atom. The molecule has 0 unspecified atom stereocenters. The monoisotopic (exact) mass is 487 g/mol. The lowest BCUT2D eigenvalue weighted by Gasteiger charge is -2.24. The molecule has 0 aliphatic carbocycles. The van der Waals surface area contributed by atoms with Crippen LogP contribution in [0, 0.1) is 0 Å². The standard InChI is InChI=1S/C26H22ClN5O3/c1-34-22-13-10-18(14-23(22)35-2)24(33)29-25-30-26-28-20(16-6-4-3-5-7-16)15-21(32(26)31-25)17-8-11-19(27)12-9-17/h3-15,21H,1-2H3,(H2,28,29,30,31,33)/t21-/m1/s1. The van der Waals surface area contributed by atoms with Gasteiger partial charge in [-0.1, -0.05) is 54.1 Å². The van der Waals surface area contributed by atoms with Crippen LogP contribution in [0.4, 0.5) is 11.9 Å². The number of rotatable bonds is 6. The van der Waals surface area contributed by atoms with E-state index in [-0.39, 0.29) is 17.9 Å². The first-order chi connectivity index (χ1) is 17.1. The lowest BCUT2D eigenvalue weighted by molar-refractivity contribution is 0.102. The number of anilines is 2. The summed E-state index contributed by atoms with van der Waals surface area (Å²) in [5.41, 5.74) is 3.27. The molecule has 9 heteroatoms. The maximum atomic E-state index is 12.9. The van der Waals surface area contributed by atoms with Crippen molar-refractivity contribution in [1.29, 1.82) is 0 Å². The second kappa shape index (κ2) is 9.52. The Morgan fingerprint density at radius 3 is 2.46 bits per heavy atom. The van der Waals surface area contributed by atoms with Gasteiger partial charge in [0.05, 0.1) is 14.2 Å². The largest absolute Gasteiger partial charge is 0.493 e. The number of nitrogens with zero attached hydrogens (tertiary/aromatic N) is 3. The molecule has 0 saturated carbocycles. The van der Waals surface area contributed by atoms with Crippen molar-refractivity contribution in [2.75, 3.05) is 24.9 Å². The first kappa shape index (κ1) is 22.5. The number of allylic oxidation sites excluding steroid dienone is 1. The van der Waals surface area contributed by atoms with Crippen LogP contribution < -0.4 is 20.1 Å². The van der Waals surface area contributed by atoms with Crippen molar-refractivity contribution in [2.24, 2.45) is 0 Å². The molecule has 1 aliphatic heterocycles. The summed E-state index contributed by atoms with van der Waals surface area (Å²) < 4.78 is 12.3. The van der Waals surface area contributed by atoms with Gasteiger partial charge in [-0.2, -0.15) is 4.98 Å². The molecule has 2 N–H and O–H groups in total. The number of aromatic nitrogens is 3. The minimum Gasteiger partial charge on any atom is -0.493 e. The van der Waals surface area contributed by atoms with E-state index in [1.807, 2.05) is 54.6 Å². The second-order valence-corrected chi connectivity index (χ2v) is 8.23. The molecule has 5 rings (SSSR count). The van der Waals surface area contributed by atoms with Crippen LogP contribution in [0.1, 0.15) is 27.5 Å². The number of amides is 1. The molecule has 2 heterocycles. The summed E-state index contributed by atoms with van der Waals surface area (Å²) in [7, 11) is 3.06. The highest BCUT2D eigenvalue weighted by Crippen LogP contribution is 2.34. The number of ether oxygens (including phenoxy) is 2. The highest BCUT2D eigenvalue weighted by atomic mass is 35.5. The quantitative estimate of drug-likeness (QED) is 0.385. The van der Waals surface area contributed by atoms with Gasteiger partial charge in [0.1, 0.15) is 6.04 Å². The highest BCUT2D eigenvalue weighted by molar-refractivity contribution is 6.30. The molecular weight excluding hydrogens is 466 g/mol. The van der Waals surface area contributed by atoms with E-state index in [2.05, 4.69) is 26.8 Å². The molecule has 0 radical (unpaired) electrons. The summed E-state index contributed by atoms with van der Waals surface area (Å²) >= 11 is 6.11. The predicted octanol–water partition coefficient (Wildman–Crippen LogP) is 5.26. The molecular formula is C26H22ClN5O3. The minimum absolute atomic E-state index is 0.175. The SMILES string of the molecule is COc1ccc(C(=O)Nc2nc3n(n2)[C@@H](c2ccc(Cl)cc2)C=C(c2ccccc2)N3)cc1OC. The average molecular weight is 488 g/mol. The molecule has 1 atom stereocenters. The third kappa shape index (κ3) is 4.56. The summed E-state index contributed by atoms with van der Waals surface area (Å²) in [6.45, 7) is 0. The number of halogens is 1. The minimum atomic E-state index is -0.367. The molecule has 0 fully saturated rings. The van der Waals surface area contributed by atoms with E-state index in [9.17, 15) is 4.79 Å². The molecule has 0 bridgehead atoms. The maximum absolute atomic E-state index is 12.9. The van der Waals surface area contributed by atoms with E-state index < -0.39 is 0 Å². The Labute approximate surface area is 207 Å². The maximum Gasteiger partial charge on any atom is 0.258 e. The van der Waals surface area contributed by atoms with Crippen molar-refractivity contribution in [1.82, 2.24) is 14.8 Å². The predicted molar refractivity (Wildman–Crippen MR) is 135 cm³/mol. The van der Waals surface area contributed by atoms with Crippen LogP contribution in [0.5, 0.6) is 11.5 Å². The zero-order valence-corrected chi connectivity index (χ0v) is 19.8. The molecule has 3 aromatic carbocycles. The van der Waals surface area contributed by atoms with Crippen molar-refractivity contribution in [3.05, 3.63) is 101 Å². The number of hydrogen-bond donors (Lipinski definition) is 2. The van der Waals surface area contributed by atoms with E-state index in [1.54, 1.807) is 30.0 Å². The summed E-state index contributed by atoms with van der Waals surface area (Å²) in [5, 5.41) is 11.3. The van der Waals surface area contributed by atoms with E-state index >= 15 is 0 Å². The van der Waals surface area contributed by atoms with Crippen LogP contribution in [0.15, 0.2) is 78.9 Å². The number of benzene rings is 3. The van der Waals surface area contributed by atoms with Crippen molar-refractivity contribution < 1.29 is 14.3 Å². The van der Waals surface area contributed by atoms with Gasteiger partial charge in [0, 0.05) is 16.3 Å². The van der Waals surface area contributed by atoms with Gasteiger partial charge < -0.3 is 14.8 Å². The van der Waals surface area contributed by atoms with Crippen LogP contribution in [-0.2, 0) is 0 Å². The number of nitrogens with one attached hydrogen (secondary N) is 2. The number of fused-ring (bicyclic) bond motifs is 1. The molecule has 4 aromatic rings. The fourth-order valence-electron chi connectivity index (χ4n) is 3.88. The van der Waals surface area contributed by atoms with Crippen LogP contribution >= 0.6 is 11.6 Å². The van der Waals surface area contributed by atoms with Crippen molar-refractivity contribution in [3.63, 3.8) is 0 Å². The zero-order valence-electron chi connectivity index (χ0n) is 19.0. The number of carbonyl (C=O) groups is 1. The third-order valence-corrected chi connectivity index (χ3v) is 5.89. The van der Waals surface area contributed by atoms with Crippen molar-refractivity contribution in [3.8, 4) is 11.5 Å². The smallest absolute Gasteiger partial charge is 0.258 e. The van der Waals surface area contributed by atoms with Gasteiger partial charge in [-0.25, -0.2) is 4.68 Å². The fraction of sp³-hybridized carbons (Fsp3) is 0.115. The van der Waals surface area contributed by atoms with Crippen molar-refractivity contribution in [2.45, 2.75) is 6.04 Å². The van der Waals surface area contributed by atoms with Crippen LogP contribution in [-0.4, -0.2) is 34.9 Å². The molecule has 1 amide bonds. The topological polar surface area (TPSA) is 90.3 Å². The van der Waals surface area contributed by atoms with Crippen LogP contribution in [0.2, 0.25) is 5.02 Å². The molecule has 0 saturated heterocycles. The molecule has 1 aromatic heterocycles. The zero-order chi connectivity index (χ0) is 24.4. The highest BCUT2D eigenvalue weighted by Gasteiger charge is 2.26. The molecule has 176 valence electrons. The fourth-order valence-corrected chi connectivity index (χ4v) is 4.01. The van der Waals surface area contributed by atoms with E-state index in [4.69, 9.17) is 21.1 Å². The van der Waals surface area contributed by atoms with E-state index in [0.29, 0.717) is 28.0 Å². The Bertz CT molecular complexity index is 1400. The summed E-state index contributed by atoms with van der Waals surface area (Å²) in [4.78, 5) is 17.5. The summed E-state index contributed by atoms with van der Waals surface area (Å²) in [5.74, 6) is 1.31. The third-order valence-electron chi connectivity index (χ3n) is 5.63. The van der Waals surface area contributed by atoms with E-state index in [1.165, 1.54) is 7.11 Å². The van der Waals surface area contributed by atoms with Gasteiger partial charge in [-0.05, 0) is 47.5 Å². The Hall–Kier alpha value is -4.30.